The van der Waals surface area contributed by atoms with Crippen molar-refractivity contribution in [1.29, 1.82) is 0 Å². The van der Waals surface area contributed by atoms with Crippen LogP contribution in [0.4, 0.5) is 5.69 Å². The molecule has 4 nitrogen and oxygen atoms in total. The van der Waals surface area contributed by atoms with E-state index in [0.29, 0.717) is 12.2 Å². The second-order valence-corrected chi connectivity index (χ2v) is 5.06. The highest BCUT2D eigenvalue weighted by atomic mass is 16.5. The van der Waals surface area contributed by atoms with Gasteiger partial charge in [0.15, 0.2) is 5.78 Å². The molecule has 0 saturated carbocycles. The summed E-state index contributed by atoms with van der Waals surface area (Å²) in [6, 6.07) is 7.35. The summed E-state index contributed by atoms with van der Waals surface area (Å²) in [6.07, 6.45) is 1.51. The van der Waals surface area contributed by atoms with Gasteiger partial charge in [0.1, 0.15) is 12.4 Å². The number of ketones is 1. The Bertz CT molecular complexity index is 482. The van der Waals surface area contributed by atoms with Crippen molar-refractivity contribution in [3.63, 3.8) is 0 Å². The Morgan fingerprint density at radius 2 is 2.21 bits per heavy atom. The summed E-state index contributed by atoms with van der Waals surface area (Å²) in [6.45, 7) is 4.54. The quantitative estimate of drug-likeness (QED) is 0.817. The molecule has 1 fully saturated rings. The van der Waals surface area contributed by atoms with Gasteiger partial charge in [-0.05, 0) is 18.6 Å². The van der Waals surface area contributed by atoms with Gasteiger partial charge in [0.2, 0.25) is 5.91 Å². The van der Waals surface area contributed by atoms with Crippen LogP contribution in [0.15, 0.2) is 24.3 Å². The van der Waals surface area contributed by atoms with E-state index in [0.717, 1.165) is 18.7 Å². The molecular weight excluding hydrogens is 242 g/mol. The predicted octanol–water partition coefficient (Wildman–Crippen LogP) is 2.42. The van der Waals surface area contributed by atoms with Crippen LogP contribution in [0.5, 0.6) is 5.75 Å². The van der Waals surface area contributed by atoms with Gasteiger partial charge in [0.05, 0.1) is 0 Å². The monoisotopic (exact) mass is 261 g/mol. The molecule has 1 aromatic rings. The Balaban J connectivity index is 2.03. The topological polar surface area (TPSA) is 46.6 Å². The number of nitrogens with zero attached hydrogens (tertiary/aromatic N) is 1. The molecule has 0 spiro atoms. The van der Waals surface area contributed by atoms with Gasteiger partial charge < -0.3 is 9.64 Å². The number of Topliss-reactive ketones (excluding diaryl/α,β-unsaturated/α-hetero) is 1. The van der Waals surface area contributed by atoms with Gasteiger partial charge in [-0.3, -0.25) is 9.59 Å². The fourth-order valence-corrected chi connectivity index (χ4v) is 1.98. The van der Waals surface area contributed by atoms with E-state index in [4.69, 9.17) is 4.74 Å². The average molecular weight is 261 g/mol. The minimum Gasteiger partial charge on any atom is -0.486 e. The van der Waals surface area contributed by atoms with Gasteiger partial charge in [0, 0.05) is 30.6 Å². The van der Waals surface area contributed by atoms with Crippen LogP contribution in [0.1, 0.15) is 26.7 Å². The molecule has 0 unspecified atom stereocenters. The van der Waals surface area contributed by atoms with Crippen molar-refractivity contribution in [3.8, 4) is 5.75 Å². The standard InChI is InChI=1S/C15H19NO3/c1-11(2)14(17)10-19-13-6-3-5-12(9-13)16-8-4-7-15(16)18/h3,5-6,9,11H,4,7-8,10H2,1-2H3. The summed E-state index contributed by atoms with van der Waals surface area (Å²) in [5.41, 5.74) is 0.844. The number of hydrogen-bond acceptors (Lipinski definition) is 3. The Labute approximate surface area is 113 Å². The first-order chi connectivity index (χ1) is 9.08. The molecule has 1 aliphatic rings. The highest BCUT2D eigenvalue weighted by molar-refractivity contribution is 5.95. The van der Waals surface area contributed by atoms with Crippen LogP contribution in [-0.2, 0) is 9.59 Å². The van der Waals surface area contributed by atoms with Gasteiger partial charge in [0.25, 0.3) is 0 Å². The van der Waals surface area contributed by atoms with Crippen LogP contribution in [0.3, 0.4) is 0 Å². The molecule has 0 atom stereocenters. The predicted molar refractivity (Wildman–Crippen MR) is 73.4 cm³/mol. The summed E-state index contributed by atoms with van der Waals surface area (Å²) < 4.78 is 5.48. The van der Waals surface area contributed by atoms with E-state index in [1.807, 2.05) is 32.0 Å². The van der Waals surface area contributed by atoms with Crippen LogP contribution >= 0.6 is 0 Å². The maximum absolute atomic E-state index is 11.7. The molecule has 1 heterocycles. The van der Waals surface area contributed by atoms with E-state index in [1.165, 1.54) is 0 Å². The molecule has 1 amide bonds. The van der Waals surface area contributed by atoms with Crippen molar-refractivity contribution in [2.75, 3.05) is 18.1 Å². The van der Waals surface area contributed by atoms with Gasteiger partial charge >= 0.3 is 0 Å². The zero-order valence-electron chi connectivity index (χ0n) is 11.4. The van der Waals surface area contributed by atoms with Crippen molar-refractivity contribution >= 4 is 17.4 Å². The fourth-order valence-electron chi connectivity index (χ4n) is 1.98. The maximum atomic E-state index is 11.7. The first kappa shape index (κ1) is 13.6. The van der Waals surface area contributed by atoms with E-state index in [2.05, 4.69) is 0 Å². The minimum atomic E-state index is -0.0247. The van der Waals surface area contributed by atoms with E-state index >= 15 is 0 Å². The molecule has 4 heteroatoms. The molecule has 2 rings (SSSR count). The summed E-state index contributed by atoms with van der Waals surface area (Å²) in [5.74, 6) is 0.826. The first-order valence-corrected chi connectivity index (χ1v) is 6.64. The van der Waals surface area contributed by atoms with Crippen molar-refractivity contribution in [2.45, 2.75) is 26.7 Å². The second kappa shape index (κ2) is 5.87. The van der Waals surface area contributed by atoms with Gasteiger partial charge in [-0.1, -0.05) is 19.9 Å². The van der Waals surface area contributed by atoms with Crippen molar-refractivity contribution < 1.29 is 14.3 Å². The third-order valence-corrected chi connectivity index (χ3v) is 3.23. The Hall–Kier alpha value is -1.84. The molecule has 0 aliphatic carbocycles. The maximum Gasteiger partial charge on any atom is 0.227 e. The van der Waals surface area contributed by atoms with Crippen molar-refractivity contribution in [3.05, 3.63) is 24.3 Å². The molecular formula is C15H19NO3. The smallest absolute Gasteiger partial charge is 0.227 e. The Kier molecular flexibility index (Phi) is 4.20. The van der Waals surface area contributed by atoms with Crippen LogP contribution in [0.2, 0.25) is 0 Å². The van der Waals surface area contributed by atoms with Crippen molar-refractivity contribution in [2.24, 2.45) is 5.92 Å². The number of hydrogen-bond donors (Lipinski definition) is 0. The van der Waals surface area contributed by atoms with Crippen LogP contribution < -0.4 is 9.64 Å². The molecule has 1 saturated heterocycles. The van der Waals surface area contributed by atoms with Gasteiger partial charge in [-0.15, -0.1) is 0 Å². The summed E-state index contributed by atoms with van der Waals surface area (Å²) in [4.78, 5) is 25.0. The average Bonchev–Trinajstić information content (AvgIpc) is 2.82. The number of carbonyl (C=O) groups is 2. The third kappa shape index (κ3) is 3.34. The lowest BCUT2D eigenvalue weighted by Gasteiger charge is -2.16. The number of ether oxygens (including phenoxy) is 1. The zero-order valence-corrected chi connectivity index (χ0v) is 11.4. The summed E-state index contributed by atoms with van der Waals surface area (Å²) >= 11 is 0. The molecule has 0 radical (unpaired) electrons. The second-order valence-electron chi connectivity index (χ2n) is 5.06. The SMILES string of the molecule is CC(C)C(=O)COc1cccc(N2CCCC2=O)c1. The Morgan fingerprint density at radius 1 is 1.42 bits per heavy atom. The van der Waals surface area contributed by atoms with Crippen LogP contribution in [0, 0.1) is 5.92 Å². The molecule has 0 bridgehead atoms. The number of carbonyl (C=O) groups excluding carboxylic acids is 2. The molecule has 1 aromatic carbocycles. The highest BCUT2D eigenvalue weighted by Crippen LogP contribution is 2.25. The lowest BCUT2D eigenvalue weighted by Crippen LogP contribution is -2.23. The molecule has 1 aliphatic heterocycles. The molecule has 0 N–H and O–H groups in total. The van der Waals surface area contributed by atoms with E-state index in [-0.39, 0.29) is 24.2 Å². The minimum absolute atomic E-state index is 0.0247. The summed E-state index contributed by atoms with van der Waals surface area (Å²) in [5, 5.41) is 0. The Morgan fingerprint density at radius 3 is 2.84 bits per heavy atom. The van der Waals surface area contributed by atoms with E-state index in [9.17, 15) is 9.59 Å². The summed E-state index contributed by atoms with van der Waals surface area (Å²) in [7, 11) is 0. The highest BCUT2D eigenvalue weighted by Gasteiger charge is 2.21. The zero-order chi connectivity index (χ0) is 13.8. The van der Waals surface area contributed by atoms with Gasteiger partial charge in [-0.2, -0.15) is 0 Å². The van der Waals surface area contributed by atoms with Crippen LogP contribution in [0.25, 0.3) is 0 Å². The van der Waals surface area contributed by atoms with E-state index in [1.54, 1.807) is 11.0 Å². The third-order valence-electron chi connectivity index (χ3n) is 3.23. The van der Waals surface area contributed by atoms with Gasteiger partial charge in [-0.25, -0.2) is 0 Å². The van der Waals surface area contributed by atoms with Crippen molar-refractivity contribution in [1.82, 2.24) is 0 Å². The largest absolute Gasteiger partial charge is 0.486 e. The number of anilines is 1. The molecule has 102 valence electrons. The normalized spacial score (nSPS) is 15.1. The van der Waals surface area contributed by atoms with E-state index < -0.39 is 0 Å². The molecule has 19 heavy (non-hydrogen) atoms. The lowest BCUT2D eigenvalue weighted by atomic mass is 10.1. The number of rotatable bonds is 5. The number of amides is 1. The van der Waals surface area contributed by atoms with Crippen LogP contribution in [-0.4, -0.2) is 24.8 Å². The number of benzene rings is 1. The first-order valence-electron chi connectivity index (χ1n) is 6.64. The fraction of sp³-hybridized carbons (Fsp3) is 0.467. The molecule has 0 aromatic heterocycles. The lowest BCUT2D eigenvalue weighted by molar-refractivity contribution is -0.124.